The van der Waals surface area contributed by atoms with Crippen LogP contribution in [0.5, 0.6) is 0 Å². The Balaban J connectivity index is 3.25. The SMILES string of the molecule is COC(=O)C(C(=O)OC)[C@H](C[N+](=O)[O-])c1ccc(Cl)cc1. The van der Waals surface area contributed by atoms with Gasteiger partial charge in [0.2, 0.25) is 6.54 Å². The summed E-state index contributed by atoms with van der Waals surface area (Å²) in [5, 5.41) is 11.3. The summed E-state index contributed by atoms with van der Waals surface area (Å²) in [6, 6.07) is 6.09. The maximum Gasteiger partial charge on any atom is 0.320 e. The van der Waals surface area contributed by atoms with Gasteiger partial charge in [-0.25, -0.2) is 0 Å². The molecule has 0 unspecified atom stereocenters. The van der Waals surface area contributed by atoms with Gasteiger partial charge in [-0.15, -0.1) is 0 Å². The number of carbonyl (C=O) groups excluding carboxylic acids is 2. The fourth-order valence-electron chi connectivity index (χ4n) is 1.95. The van der Waals surface area contributed by atoms with Gasteiger partial charge in [-0.1, -0.05) is 23.7 Å². The smallest absolute Gasteiger partial charge is 0.320 e. The normalized spacial score (nSPS) is 11.8. The summed E-state index contributed by atoms with van der Waals surface area (Å²) in [6.07, 6.45) is 0. The van der Waals surface area contributed by atoms with Gasteiger partial charge in [-0.3, -0.25) is 19.7 Å². The number of methoxy groups -OCH3 is 2. The van der Waals surface area contributed by atoms with E-state index in [-0.39, 0.29) is 0 Å². The average Bonchev–Trinajstić information content (AvgIpc) is 2.46. The minimum Gasteiger partial charge on any atom is -0.468 e. The molecule has 0 aliphatic carbocycles. The van der Waals surface area contributed by atoms with Crippen molar-refractivity contribution in [1.29, 1.82) is 0 Å². The molecule has 0 radical (unpaired) electrons. The lowest BCUT2D eigenvalue weighted by Gasteiger charge is -2.20. The number of ether oxygens (including phenoxy) is 2. The zero-order valence-electron chi connectivity index (χ0n) is 11.4. The van der Waals surface area contributed by atoms with Gasteiger partial charge >= 0.3 is 11.9 Å². The Hall–Kier alpha value is -2.15. The van der Waals surface area contributed by atoms with Crippen molar-refractivity contribution in [3.8, 4) is 0 Å². The van der Waals surface area contributed by atoms with Crippen LogP contribution >= 0.6 is 11.6 Å². The number of benzene rings is 1. The Bertz CT molecular complexity index is 514. The fraction of sp³-hybridized carbons (Fsp3) is 0.385. The van der Waals surface area contributed by atoms with E-state index < -0.39 is 35.2 Å². The highest BCUT2D eigenvalue weighted by Gasteiger charge is 2.40. The van der Waals surface area contributed by atoms with Gasteiger partial charge in [-0.05, 0) is 17.7 Å². The fourth-order valence-corrected chi connectivity index (χ4v) is 2.08. The molecule has 8 heteroatoms. The third kappa shape index (κ3) is 4.42. The highest BCUT2D eigenvalue weighted by atomic mass is 35.5. The average molecular weight is 316 g/mol. The highest BCUT2D eigenvalue weighted by molar-refractivity contribution is 6.30. The van der Waals surface area contributed by atoms with Crippen molar-refractivity contribution in [2.45, 2.75) is 5.92 Å². The second kappa shape index (κ2) is 7.58. The molecule has 1 aromatic carbocycles. The molecule has 1 aromatic rings. The summed E-state index contributed by atoms with van der Waals surface area (Å²) < 4.78 is 9.11. The summed E-state index contributed by atoms with van der Waals surface area (Å²) in [6.45, 7) is -0.615. The van der Waals surface area contributed by atoms with Crippen molar-refractivity contribution >= 4 is 23.5 Å². The van der Waals surface area contributed by atoms with Gasteiger partial charge < -0.3 is 9.47 Å². The number of hydrogen-bond donors (Lipinski definition) is 0. The van der Waals surface area contributed by atoms with Crippen molar-refractivity contribution in [3.05, 3.63) is 45.0 Å². The Morgan fingerprint density at radius 1 is 1.19 bits per heavy atom. The first kappa shape index (κ1) is 16.9. The monoisotopic (exact) mass is 315 g/mol. The summed E-state index contributed by atoms with van der Waals surface area (Å²) in [7, 11) is 2.20. The first-order chi connectivity index (χ1) is 9.90. The predicted octanol–water partition coefficient (Wildman–Crippen LogP) is 1.66. The van der Waals surface area contributed by atoms with Crippen LogP contribution in [0.2, 0.25) is 5.02 Å². The van der Waals surface area contributed by atoms with E-state index in [1.165, 1.54) is 24.3 Å². The first-order valence-corrected chi connectivity index (χ1v) is 6.31. The van der Waals surface area contributed by atoms with E-state index in [1.54, 1.807) is 0 Å². The summed E-state index contributed by atoms with van der Waals surface area (Å²) in [4.78, 5) is 33.9. The van der Waals surface area contributed by atoms with Crippen LogP contribution in [0, 0.1) is 16.0 Å². The van der Waals surface area contributed by atoms with Crippen LogP contribution in [0.4, 0.5) is 0 Å². The molecule has 7 nitrogen and oxygen atoms in total. The third-order valence-electron chi connectivity index (χ3n) is 2.96. The van der Waals surface area contributed by atoms with Crippen LogP contribution < -0.4 is 0 Å². The lowest BCUT2D eigenvalue weighted by Crippen LogP contribution is -2.35. The standard InChI is InChI=1S/C13H14ClNO6/c1-20-12(16)11(13(17)21-2)10(7-15(18)19)8-3-5-9(14)6-4-8/h3-6,10-11H,7H2,1-2H3/t10-/m1/s1. The molecule has 0 saturated heterocycles. The van der Waals surface area contributed by atoms with Crippen LogP contribution in [0.3, 0.4) is 0 Å². The molecule has 0 fully saturated rings. The van der Waals surface area contributed by atoms with Crippen LogP contribution in [-0.2, 0) is 19.1 Å². The topological polar surface area (TPSA) is 95.7 Å². The molecule has 1 rings (SSSR count). The van der Waals surface area contributed by atoms with E-state index in [0.29, 0.717) is 10.6 Å². The highest BCUT2D eigenvalue weighted by Crippen LogP contribution is 2.28. The second-order valence-corrected chi connectivity index (χ2v) is 4.63. The van der Waals surface area contributed by atoms with Gasteiger partial charge in [0.1, 0.15) is 0 Å². The minimum atomic E-state index is -1.41. The van der Waals surface area contributed by atoms with E-state index in [0.717, 1.165) is 14.2 Å². The zero-order valence-corrected chi connectivity index (χ0v) is 12.2. The van der Waals surface area contributed by atoms with Gasteiger partial charge in [0, 0.05) is 9.95 Å². The Morgan fingerprint density at radius 2 is 1.67 bits per heavy atom. The molecule has 1 atom stereocenters. The van der Waals surface area contributed by atoms with E-state index in [2.05, 4.69) is 9.47 Å². The van der Waals surface area contributed by atoms with E-state index in [1.807, 2.05) is 0 Å². The number of rotatable bonds is 6. The Kier molecular flexibility index (Phi) is 6.10. The van der Waals surface area contributed by atoms with Gasteiger partial charge in [0.05, 0.1) is 20.1 Å². The molecule has 21 heavy (non-hydrogen) atoms. The van der Waals surface area contributed by atoms with Gasteiger partial charge in [-0.2, -0.15) is 0 Å². The van der Waals surface area contributed by atoms with Crippen LogP contribution in [-0.4, -0.2) is 37.6 Å². The Labute approximate surface area is 125 Å². The van der Waals surface area contributed by atoms with Gasteiger partial charge in [0.25, 0.3) is 0 Å². The minimum absolute atomic E-state index is 0.428. The van der Waals surface area contributed by atoms with Gasteiger partial charge in [0.15, 0.2) is 5.92 Å². The van der Waals surface area contributed by atoms with Crippen molar-refractivity contribution in [1.82, 2.24) is 0 Å². The maximum absolute atomic E-state index is 11.8. The van der Waals surface area contributed by atoms with Crippen molar-refractivity contribution < 1.29 is 24.0 Å². The lowest BCUT2D eigenvalue weighted by molar-refractivity contribution is -0.484. The van der Waals surface area contributed by atoms with Crippen LogP contribution in [0.1, 0.15) is 11.5 Å². The molecule has 114 valence electrons. The molecule has 0 bridgehead atoms. The summed E-state index contributed by atoms with van der Waals surface area (Å²) in [5.41, 5.74) is 0.428. The molecule has 0 spiro atoms. The zero-order chi connectivity index (χ0) is 16.0. The summed E-state index contributed by atoms with van der Waals surface area (Å²) >= 11 is 5.76. The van der Waals surface area contributed by atoms with Crippen molar-refractivity contribution in [2.24, 2.45) is 5.92 Å². The van der Waals surface area contributed by atoms with E-state index in [9.17, 15) is 19.7 Å². The van der Waals surface area contributed by atoms with Crippen LogP contribution in [0.25, 0.3) is 0 Å². The number of carbonyl (C=O) groups is 2. The molecule has 0 aliphatic rings. The number of nitro groups is 1. The number of halogens is 1. The third-order valence-corrected chi connectivity index (χ3v) is 3.21. The molecule has 0 amide bonds. The molecular formula is C13H14ClNO6. The molecule has 0 aliphatic heterocycles. The maximum atomic E-state index is 11.8. The van der Waals surface area contributed by atoms with Crippen molar-refractivity contribution in [2.75, 3.05) is 20.8 Å². The van der Waals surface area contributed by atoms with E-state index in [4.69, 9.17) is 11.6 Å². The second-order valence-electron chi connectivity index (χ2n) is 4.20. The van der Waals surface area contributed by atoms with E-state index >= 15 is 0 Å². The quantitative estimate of drug-likeness (QED) is 0.343. The predicted molar refractivity (Wildman–Crippen MR) is 73.6 cm³/mol. The first-order valence-electron chi connectivity index (χ1n) is 5.93. The lowest BCUT2D eigenvalue weighted by atomic mass is 9.86. The number of esters is 2. The molecule has 0 aromatic heterocycles. The largest absolute Gasteiger partial charge is 0.468 e. The summed E-state index contributed by atoms with van der Waals surface area (Å²) in [5.74, 6) is -4.18. The Morgan fingerprint density at radius 3 is 2.05 bits per heavy atom. The number of nitrogens with zero attached hydrogens (tertiary/aromatic N) is 1. The molecular weight excluding hydrogens is 302 g/mol. The van der Waals surface area contributed by atoms with Crippen molar-refractivity contribution in [3.63, 3.8) is 0 Å². The number of hydrogen-bond acceptors (Lipinski definition) is 6. The molecule has 0 heterocycles. The molecule has 0 N–H and O–H groups in total. The molecule has 0 saturated carbocycles. The van der Waals surface area contributed by atoms with Crippen LogP contribution in [0.15, 0.2) is 24.3 Å².